The van der Waals surface area contributed by atoms with Gasteiger partial charge in [-0.1, -0.05) is 24.8 Å². The maximum atomic E-state index is 5.86. The molecule has 106 valence electrons. The topological polar surface area (TPSA) is 30.5 Å². The van der Waals surface area contributed by atoms with Crippen molar-refractivity contribution < 1.29 is 9.47 Å². The average molecular weight is 263 g/mol. The normalized spacial score (nSPS) is 12.2. The molecule has 0 fully saturated rings. The van der Waals surface area contributed by atoms with Crippen molar-refractivity contribution in [2.24, 2.45) is 0 Å². The Hall–Kier alpha value is -1.32. The van der Waals surface area contributed by atoms with Crippen LogP contribution in [0.2, 0.25) is 0 Å². The second kappa shape index (κ2) is 7.97. The lowest BCUT2D eigenvalue weighted by atomic mass is 10.1. The van der Waals surface area contributed by atoms with E-state index in [1.807, 2.05) is 6.92 Å². The first kappa shape index (κ1) is 15.7. The third-order valence-corrected chi connectivity index (χ3v) is 2.97. The second-order valence-corrected chi connectivity index (χ2v) is 4.79. The molecule has 0 amide bonds. The molecular weight excluding hydrogens is 238 g/mol. The van der Waals surface area contributed by atoms with E-state index in [1.54, 1.807) is 13.2 Å². The number of methoxy groups -OCH3 is 1. The Balaban J connectivity index is 2.70. The predicted molar refractivity (Wildman–Crippen MR) is 79.8 cm³/mol. The van der Waals surface area contributed by atoms with Crippen LogP contribution in [0, 0.1) is 13.8 Å². The van der Waals surface area contributed by atoms with E-state index in [1.165, 1.54) is 5.56 Å². The molecule has 0 saturated carbocycles. The first-order valence-electron chi connectivity index (χ1n) is 6.67. The number of ether oxygens (including phenoxy) is 2. The summed E-state index contributed by atoms with van der Waals surface area (Å²) >= 11 is 0. The van der Waals surface area contributed by atoms with Gasteiger partial charge in [0.15, 0.2) is 0 Å². The molecule has 0 aliphatic carbocycles. The van der Waals surface area contributed by atoms with Gasteiger partial charge in [-0.2, -0.15) is 0 Å². The summed E-state index contributed by atoms with van der Waals surface area (Å²) < 4.78 is 10.9. The van der Waals surface area contributed by atoms with Crippen LogP contribution in [-0.2, 0) is 11.3 Å². The van der Waals surface area contributed by atoms with E-state index in [2.05, 4.69) is 37.9 Å². The second-order valence-electron chi connectivity index (χ2n) is 4.79. The Bertz CT molecular complexity index is 392. The molecule has 0 aromatic heterocycles. The Morgan fingerprint density at radius 3 is 2.47 bits per heavy atom. The molecule has 0 radical (unpaired) electrons. The van der Waals surface area contributed by atoms with E-state index in [0.717, 1.165) is 36.6 Å². The summed E-state index contributed by atoms with van der Waals surface area (Å²) in [6.45, 7) is 12.3. The van der Waals surface area contributed by atoms with Crippen molar-refractivity contribution in [3.8, 4) is 5.75 Å². The van der Waals surface area contributed by atoms with Crippen LogP contribution in [0.5, 0.6) is 5.75 Å². The highest BCUT2D eigenvalue weighted by atomic mass is 16.5. The molecule has 0 bridgehead atoms. The molecule has 0 heterocycles. The Labute approximate surface area is 116 Å². The summed E-state index contributed by atoms with van der Waals surface area (Å²) in [7, 11) is 1.71. The van der Waals surface area contributed by atoms with E-state index < -0.39 is 0 Å². The van der Waals surface area contributed by atoms with Gasteiger partial charge in [0, 0.05) is 20.2 Å². The first-order valence-corrected chi connectivity index (χ1v) is 6.67. The van der Waals surface area contributed by atoms with Crippen molar-refractivity contribution in [1.82, 2.24) is 5.32 Å². The van der Waals surface area contributed by atoms with Crippen LogP contribution in [0.25, 0.3) is 0 Å². The van der Waals surface area contributed by atoms with Crippen LogP contribution in [0.4, 0.5) is 0 Å². The highest BCUT2D eigenvalue weighted by Crippen LogP contribution is 2.26. The van der Waals surface area contributed by atoms with Gasteiger partial charge in [-0.25, -0.2) is 0 Å². The lowest BCUT2D eigenvalue weighted by molar-refractivity contribution is 0.199. The largest absolute Gasteiger partial charge is 0.486 e. The summed E-state index contributed by atoms with van der Waals surface area (Å²) in [4.78, 5) is 0. The van der Waals surface area contributed by atoms with E-state index in [9.17, 15) is 0 Å². The predicted octanol–water partition coefficient (Wildman–Crippen LogP) is 2.99. The Morgan fingerprint density at radius 1 is 1.32 bits per heavy atom. The van der Waals surface area contributed by atoms with Gasteiger partial charge in [0.1, 0.15) is 11.9 Å². The number of benzene rings is 1. The van der Waals surface area contributed by atoms with Crippen LogP contribution < -0.4 is 10.1 Å². The molecule has 3 heteroatoms. The smallest absolute Gasteiger partial charge is 0.126 e. The van der Waals surface area contributed by atoms with Crippen LogP contribution in [0.1, 0.15) is 23.6 Å². The summed E-state index contributed by atoms with van der Waals surface area (Å²) in [6.07, 6.45) is 1.84. The maximum absolute atomic E-state index is 5.86. The third kappa shape index (κ3) is 5.05. The molecule has 0 saturated heterocycles. The van der Waals surface area contributed by atoms with Crippen molar-refractivity contribution in [3.63, 3.8) is 0 Å². The third-order valence-electron chi connectivity index (χ3n) is 2.97. The monoisotopic (exact) mass is 263 g/mol. The fourth-order valence-corrected chi connectivity index (χ4v) is 1.97. The lowest BCUT2D eigenvalue weighted by Gasteiger charge is -2.17. The highest BCUT2D eigenvalue weighted by molar-refractivity contribution is 5.43. The fraction of sp³-hybridized carbons (Fsp3) is 0.500. The molecule has 0 aliphatic heterocycles. The van der Waals surface area contributed by atoms with Crippen molar-refractivity contribution in [2.75, 3.05) is 20.3 Å². The summed E-state index contributed by atoms with van der Waals surface area (Å²) in [6, 6.07) is 4.33. The maximum Gasteiger partial charge on any atom is 0.126 e. The number of aryl methyl sites for hydroxylation is 2. The van der Waals surface area contributed by atoms with E-state index in [0.29, 0.717) is 0 Å². The van der Waals surface area contributed by atoms with Crippen molar-refractivity contribution >= 4 is 0 Å². The Kier molecular flexibility index (Phi) is 6.60. The number of rotatable bonds is 8. The average Bonchev–Trinajstić information content (AvgIpc) is 2.38. The number of nitrogens with one attached hydrogen (secondary N) is 1. The summed E-state index contributed by atoms with van der Waals surface area (Å²) in [5.41, 5.74) is 3.60. The molecular formula is C16H25NO2. The minimum Gasteiger partial charge on any atom is -0.486 e. The quantitative estimate of drug-likeness (QED) is 0.578. The van der Waals surface area contributed by atoms with Gasteiger partial charge in [0.05, 0.1) is 6.61 Å². The van der Waals surface area contributed by atoms with Gasteiger partial charge < -0.3 is 14.8 Å². The summed E-state index contributed by atoms with van der Waals surface area (Å²) in [5, 5.41) is 3.35. The van der Waals surface area contributed by atoms with Crippen molar-refractivity contribution in [2.45, 2.75) is 33.4 Å². The number of hydrogen-bond acceptors (Lipinski definition) is 3. The van der Waals surface area contributed by atoms with Gasteiger partial charge in [-0.05, 0) is 37.5 Å². The van der Waals surface area contributed by atoms with E-state index >= 15 is 0 Å². The van der Waals surface area contributed by atoms with Crippen LogP contribution in [0.3, 0.4) is 0 Å². The lowest BCUT2D eigenvalue weighted by Crippen LogP contribution is -2.18. The minimum atomic E-state index is 0.0306. The fourth-order valence-electron chi connectivity index (χ4n) is 1.97. The molecule has 1 aromatic rings. The van der Waals surface area contributed by atoms with Gasteiger partial charge in [-0.15, -0.1) is 0 Å². The molecule has 1 aromatic carbocycles. The highest BCUT2D eigenvalue weighted by Gasteiger charge is 2.08. The molecule has 1 N–H and O–H groups in total. The van der Waals surface area contributed by atoms with Gasteiger partial charge in [0.2, 0.25) is 0 Å². The zero-order valence-corrected chi connectivity index (χ0v) is 12.5. The minimum absolute atomic E-state index is 0.0306. The SMILES string of the molecule is C=CC(C)Oc1c(C)cc(CNCCOC)cc1C. The molecule has 1 rings (SSSR count). The van der Waals surface area contributed by atoms with Crippen LogP contribution in [0.15, 0.2) is 24.8 Å². The van der Waals surface area contributed by atoms with Gasteiger partial charge >= 0.3 is 0 Å². The van der Waals surface area contributed by atoms with E-state index in [4.69, 9.17) is 9.47 Å². The standard InChI is InChI=1S/C16H25NO2/c1-6-14(4)19-16-12(2)9-15(10-13(16)3)11-17-7-8-18-5/h6,9-10,14,17H,1,7-8,11H2,2-5H3. The van der Waals surface area contributed by atoms with Crippen molar-refractivity contribution in [1.29, 1.82) is 0 Å². The van der Waals surface area contributed by atoms with E-state index in [-0.39, 0.29) is 6.10 Å². The van der Waals surface area contributed by atoms with Gasteiger partial charge in [-0.3, -0.25) is 0 Å². The zero-order chi connectivity index (χ0) is 14.3. The Morgan fingerprint density at radius 2 is 1.95 bits per heavy atom. The molecule has 0 spiro atoms. The molecule has 0 aliphatic rings. The molecule has 1 unspecified atom stereocenters. The summed E-state index contributed by atoms with van der Waals surface area (Å²) in [5.74, 6) is 0.966. The first-order chi connectivity index (χ1) is 9.08. The molecule has 3 nitrogen and oxygen atoms in total. The van der Waals surface area contributed by atoms with Crippen LogP contribution >= 0.6 is 0 Å². The number of hydrogen-bond donors (Lipinski definition) is 1. The zero-order valence-electron chi connectivity index (χ0n) is 12.5. The molecule has 19 heavy (non-hydrogen) atoms. The molecule has 1 atom stereocenters. The van der Waals surface area contributed by atoms with Crippen molar-refractivity contribution in [3.05, 3.63) is 41.5 Å². The van der Waals surface area contributed by atoms with Crippen LogP contribution in [-0.4, -0.2) is 26.4 Å². The van der Waals surface area contributed by atoms with Gasteiger partial charge in [0.25, 0.3) is 0 Å².